The molecular formula is C15H10Cl3N2O2-. The van der Waals surface area contributed by atoms with Crippen molar-refractivity contribution in [2.75, 3.05) is 5.43 Å². The molecular weight excluding hydrogens is 347 g/mol. The Morgan fingerprint density at radius 3 is 2.41 bits per heavy atom. The summed E-state index contributed by atoms with van der Waals surface area (Å²) in [7, 11) is 0. The van der Waals surface area contributed by atoms with Crippen molar-refractivity contribution >= 4 is 52.2 Å². The molecule has 114 valence electrons. The average Bonchev–Trinajstić information content (AvgIpc) is 2.45. The van der Waals surface area contributed by atoms with Crippen LogP contribution in [0.1, 0.15) is 22.8 Å². The van der Waals surface area contributed by atoms with E-state index in [0.29, 0.717) is 27.0 Å². The lowest BCUT2D eigenvalue weighted by molar-refractivity contribution is -0.255. The Bertz CT molecular complexity index is 760. The van der Waals surface area contributed by atoms with Gasteiger partial charge in [0.2, 0.25) is 0 Å². The maximum atomic E-state index is 10.9. The summed E-state index contributed by atoms with van der Waals surface area (Å²) in [6.07, 6.45) is 0. The molecule has 0 saturated carbocycles. The number of anilines is 1. The van der Waals surface area contributed by atoms with E-state index in [2.05, 4.69) is 10.5 Å². The van der Waals surface area contributed by atoms with Crippen molar-refractivity contribution in [3.8, 4) is 0 Å². The van der Waals surface area contributed by atoms with E-state index >= 15 is 0 Å². The molecule has 0 bridgehead atoms. The first-order valence-electron chi connectivity index (χ1n) is 6.15. The fourth-order valence-electron chi connectivity index (χ4n) is 1.74. The zero-order valence-corrected chi connectivity index (χ0v) is 13.6. The summed E-state index contributed by atoms with van der Waals surface area (Å²) in [4.78, 5) is 10.9. The van der Waals surface area contributed by atoms with E-state index in [1.807, 2.05) is 0 Å². The fraction of sp³-hybridized carbons (Fsp3) is 0.0667. The van der Waals surface area contributed by atoms with Gasteiger partial charge in [0.1, 0.15) is 0 Å². The number of rotatable bonds is 4. The Morgan fingerprint density at radius 2 is 1.77 bits per heavy atom. The van der Waals surface area contributed by atoms with Gasteiger partial charge in [0.25, 0.3) is 0 Å². The van der Waals surface area contributed by atoms with Crippen molar-refractivity contribution in [2.24, 2.45) is 5.10 Å². The summed E-state index contributed by atoms with van der Waals surface area (Å²) in [6, 6.07) is 9.48. The van der Waals surface area contributed by atoms with Gasteiger partial charge in [-0.15, -0.1) is 0 Å². The van der Waals surface area contributed by atoms with E-state index in [0.717, 1.165) is 0 Å². The van der Waals surface area contributed by atoms with Gasteiger partial charge in [-0.3, -0.25) is 5.43 Å². The standard InChI is InChI=1S/C15H11Cl3N2O2/c1-8(11-4-2-9(16)6-14(11)18)19-20-10-3-5-13(17)12(7-10)15(21)22/h2-7,20H,1H3,(H,21,22)/p-1/b19-8-. The zero-order valence-electron chi connectivity index (χ0n) is 11.4. The number of benzene rings is 2. The fourth-order valence-corrected chi connectivity index (χ4v) is 2.48. The number of hydrogen-bond donors (Lipinski definition) is 1. The lowest BCUT2D eigenvalue weighted by atomic mass is 10.1. The molecule has 2 rings (SSSR count). The Labute approximate surface area is 142 Å². The molecule has 0 fully saturated rings. The summed E-state index contributed by atoms with van der Waals surface area (Å²) < 4.78 is 0. The first kappa shape index (κ1) is 16.6. The summed E-state index contributed by atoms with van der Waals surface area (Å²) in [6.45, 7) is 1.76. The number of aromatic carboxylic acids is 1. The maximum Gasteiger partial charge on any atom is 0.0731 e. The SMILES string of the molecule is C/C(=N/Nc1ccc(Cl)c(C(=O)[O-])c1)c1ccc(Cl)cc1Cl. The molecule has 0 radical (unpaired) electrons. The summed E-state index contributed by atoms with van der Waals surface area (Å²) >= 11 is 17.7. The second-order valence-corrected chi connectivity index (χ2v) is 5.67. The Morgan fingerprint density at radius 1 is 1.05 bits per heavy atom. The molecule has 4 nitrogen and oxygen atoms in total. The molecule has 2 aromatic carbocycles. The van der Waals surface area contributed by atoms with Gasteiger partial charge in [-0.2, -0.15) is 5.10 Å². The number of nitrogens with zero attached hydrogens (tertiary/aromatic N) is 1. The van der Waals surface area contributed by atoms with Crippen LogP contribution in [0.25, 0.3) is 0 Å². The third-order valence-electron chi connectivity index (χ3n) is 2.86. The number of nitrogens with one attached hydrogen (secondary N) is 1. The maximum absolute atomic E-state index is 10.9. The van der Waals surface area contributed by atoms with Gasteiger partial charge in [0.15, 0.2) is 0 Å². The summed E-state index contributed by atoms with van der Waals surface area (Å²) in [5, 5.41) is 16.2. The lowest BCUT2D eigenvalue weighted by Crippen LogP contribution is -2.22. The molecule has 0 aliphatic carbocycles. The van der Waals surface area contributed by atoms with E-state index in [1.54, 1.807) is 31.2 Å². The van der Waals surface area contributed by atoms with Crippen LogP contribution in [0.4, 0.5) is 5.69 Å². The molecule has 0 spiro atoms. The highest BCUT2D eigenvalue weighted by Gasteiger charge is 2.06. The van der Waals surface area contributed by atoms with Crippen LogP contribution in [0.5, 0.6) is 0 Å². The minimum atomic E-state index is -1.35. The Balaban J connectivity index is 2.24. The first-order valence-corrected chi connectivity index (χ1v) is 7.28. The van der Waals surface area contributed by atoms with Crippen LogP contribution in [0.3, 0.4) is 0 Å². The normalized spacial score (nSPS) is 11.4. The van der Waals surface area contributed by atoms with Crippen molar-refractivity contribution in [3.63, 3.8) is 0 Å². The quantitative estimate of drug-likeness (QED) is 0.668. The molecule has 0 amide bonds. The van der Waals surface area contributed by atoms with Crippen LogP contribution in [0, 0.1) is 0 Å². The molecule has 0 aliphatic heterocycles. The predicted molar refractivity (Wildman–Crippen MR) is 88.1 cm³/mol. The topological polar surface area (TPSA) is 64.5 Å². The van der Waals surface area contributed by atoms with Crippen LogP contribution in [-0.2, 0) is 0 Å². The largest absolute Gasteiger partial charge is 0.545 e. The van der Waals surface area contributed by atoms with Crippen LogP contribution < -0.4 is 10.5 Å². The minimum Gasteiger partial charge on any atom is -0.545 e. The van der Waals surface area contributed by atoms with Crippen LogP contribution in [0.2, 0.25) is 15.1 Å². The van der Waals surface area contributed by atoms with E-state index in [1.165, 1.54) is 12.1 Å². The lowest BCUT2D eigenvalue weighted by Gasteiger charge is -2.09. The van der Waals surface area contributed by atoms with Gasteiger partial charge in [-0.25, -0.2) is 0 Å². The van der Waals surface area contributed by atoms with Crippen molar-refractivity contribution in [1.29, 1.82) is 0 Å². The van der Waals surface area contributed by atoms with Gasteiger partial charge in [0.05, 0.1) is 22.4 Å². The number of hydrogen-bond acceptors (Lipinski definition) is 4. The first-order chi connectivity index (χ1) is 10.4. The second kappa shape index (κ2) is 7.01. The van der Waals surface area contributed by atoms with Crippen molar-refractivity contribution in [2.45, 2.75) is 6.92 Å². The van der Waals surface area contributed by atoms with Gasteiger partial charge < -0.3 is 9.90 Å². The highest BCUT2D eigenvalue weighted by molar-refractivity contribution is 6.37. The van der Waals surface area contributed by atoms with Gasteiger partial charge in [-0.1, -0.05) is 40.9 Å². The molecule has 1 N–H and O–H groups in total. The van der Waals surface area contributed by atoms with E-state index in [4.69, 9.17) is 34.8 Å². The smallest absolute Gasteiger partial charge is 0.0731 e. The Kier molecular flexibility index (Phi) is 5.29. The number of halogens is 3. The highest BCUT2D eigenvalue weighted by Crippen LogP contribution is 2.23. The minimum absolute atomic E-state index is 0.104. The summed E-state index contributed by atoms with van der Waals surface area (Å²) in [5.41, 5.74) is 4.44. The molecule has 0 unspecified atom stereocenters. The molecule has 0 aromatic heterocycles. The molecule has 0 saturated heterocycles. The average molecular weight is 357 g/mol. The van der Waals surface area contributed by atoms with E-state index in [-0.39, 0.29) is 10.6 Å². The van der Waals surface area contributed by atoms with Crippen LogP contribution in [-0.4, -0.2) is 11.7 Å². The number of hydrazone groups is 1. The number of carboxylic acids is 1. The van der Waals surface area contributed by atoms with E-state index < -0.39 is 5.97 Å². The van der Waals surface area contributed by atoms with Crippen molar-refractivity contribution < 1.29 is 9.90 Å². The van der Waals surface area contributed by atoms with Crippen LogP contribution in [0.15, 0.2) is 41.5 Å². The van der Waals surface area contributed by atoms with Crippen LogP contribution >= 0.6 is 34.8 Å². The second-order valence-electron chi connectivity index (χ2n) is 4.42. The monoisotopic (exact) mass is 355 g/mol. The highest BCUT2D eigenvalue weighted by atomic mass is 35.5. The number of carbonyl (C=O) groups excluding carboxylic acids is 1. The predicted octanol–water partition coefficient (Wildman–Crippen LogP) is 3.85. The third kappa shape index (κ3) is 3.91. The summed E-state index contributed by atoms with van der Waals surface area (Å²) in [5.74, 6) is -1.35. The third-order valence-corrected chi connectivity index (χ3v) is 3.74. The molecule has 22 heavy (non-hydrogen) atoms. The molecule has 0 atom stereocenters. The number of carboxylic acid groups (broad SMARTS) is 1. The van der Waals surface area contributed by atoms with Crippen molar-refractivity contribution in [1.82, 2.24) is 0 Å². The molecule has 7 heteroatoms. The zero-order chi connectivity index (χ0) is 16.3. The van der Waals surface area contributed by atoms with Gasteiger partial charge in [-0.05, 0) is 37.3 Å². The van der Waals surface area contributed by atoms with Gasteiger partial charge in [0, 0.05) is 21.2 Å². The molecule has 2 aromatic rings. The number of carbonyl (C=O) groups is 1. The molecule has 0 aliphatic rings. The van der Waals surface area contributed by atoms with E-state index in [9.17, 15) is 9.90 Å². The Hall–Kier alpha value is -1.75. The molecule has 0 heterocycles. The van der Waals surface area contributed by atoms with Crippen molar-refractivity contribution in [3.05, 3.63) is 62.6 Å². The van der Waals surface area contributed by atoms with Gasteiger partial charge >= 0.3 is 0 Å².